The summed E-state index contributed by atoms with van der Waals surface area (Å²) >= 11 is 1.71. The molecule has 2 rings (SSSR count). The molecule has 0 fully saturated rings. The fraction of sp³-hybridized carbons (Fsp3) is 0.412. The highest BCUT2D eigenvalue weighted by Gasteiger charge is 2.07. The smallest absolute Gasteiger partial charge is 0.194 e. The maximum atomic E-state index is 4.70. The van der Waals surface area contributed by atoms with Crippen LogP contribution in [-0.2, 0) is 19.5 Å². The van der Waals surface area contributed by atoms with E-state index in [1.807, 2.05) is 6.07 Å². The number of hydrogen-bond donors (Lipinski definition) is 1. The molecule has 4 nitrogen and oxygen atoms in total. The van der Waals surface area contributed by atoms with Gasteiger partial charge in [-0.2, -0.15) is 0 Å². The molecule has 22 heavy (non-hydrogen) atoms. The number of aliphatic imine (C=N–C) groups is 1. The predicted molar refractivity (Wildman–Crippen MR) is 94.2 cm³/mol. The molecule has 0 spiro atoms. The predicted octanol–water partition coefficient (Wildman–Crippen LogP) is 3.30. The molecule has 1 N–H and O–H groups in total. The van der Waals surface area contributed by atoms with Crippen LogP contribution in [0.5, 0.6) is 0 Å². The van der Waals surface area contributed by atoms with Crippen molar-refractivity contribution in [3.05, 3.63) is 52.0 Å². The van der Waals surface area contributed by atoms with E-state index in [1.54, 1.807) is 11.3 Å². The monoisotopic (exact) mass is 316 g/mol. The highest BCUT2D eigenvalue weighted by Crippen LogP contribution is 2.11. The molecule has 1 heterocycles. The van der Waals surface area contributed by atoms with Crippen LogP contribution >= 0.6 is 11.3 Å². The summed E-state index contributed by atoms with van der Waals surface area (Å²) in [5, 5.41) is 6.62. The molecule has 0 aliphatic rings. The Labute approximate surface area is 136 Å². The Morgan fingerprint density at radius 1 is 1.27 bits per heavy atom. The molecule has 0 saturated heterocycles. The molecule has 0 atom stereocenters. The van der Waals surface area contributed by atoms with E-state index in [9.17, 15) is 0 Å². The molecule has 0 amide bonds. The molecule has 5 heteroatoms. The van der Waals surface area contributed by atoms with Crippen LogP contribution < -0.4 is 5.32 Å². The van der Waals surface area contributed by atoms with Crippen molar-refractivity contribution in [1.82, 2.24) is 15.2 Å². The molecular weight excluding hydrogens is 292 g/mol. The first-order chi connectivity index (χ1) is 10.7. The lowest BCUT2D eigenvalue weighted by molar-refractivity contribution is 0.476. The van der Waals surface area contributed by atoms with Crippen molar-refractivity contribution in [3.8, 4) is 0 Å². The van der Waals surface area contributed by atoms with E-state index in [4.69, 9.17) is 4.99 Å². The van der Waals surface area contributed by atoms with Gasteiger partial charge in [-0.15, -0.1) is 11.3 Å². The van der Waals surface area contributed by atoms with Gasteiger partial charge in [-0.1, -0.05) is 37.3 Å². The van der Waals surface area contributed by atoms with E-state index in [2.05, 4.69) is 65.7 Å². The lowest BCUT2D eigenvalue weighted by Crippen LogP contribution is -2.38. The summed E-state index contributed by atoms with van der Waals surface area (Å²) in [6, 6.07) is 10.4. The molecule has 118 valence electrons. The van der Waals surface area contributed by atoms with Crippen molar-refractivity contribution in [1.29, 1.82) is 0 Å². The van der Waals surface area contributed by atoms with Crippen molar-refractivity contribution in [2.75, 3.05) is 13.6 Å². The summed E-state index contributed by atoms with van der Waals surface area (Å²) in [5.41, 5.74) is 2.32. The number of hydrogen-bond acceptors (Lipinski definition) is 3. The normalized spacial score (nSPS) is 11.5. The largest absolute Gasteiger partial charge is 0.357 e. The van der Waals surface area contributed by atoms with Crippen molar-refractivity contribution < 1.29 is 0 Å². The second kappa shape index (κ2) is 8.54. The SMILES string of the molecule is CCNC(=NCc1csc(CC)n1)N(C)Cc1ccccc1. The quantitative estimate of drug-likeness (QED) is 0.656. The third kappa shape index (κ3) is 4.84. The van der Waals surface area contributed by atoms with E-state index >= 15 is 0 Å². The molecule has 2 aromatic rings. The summed E-state index contributed by atoms with van der Waals surface area (Å²) in [4.78, 5) is 11.4. The van der Waals surface area contributed by atoms with Gasteiger partial charge in [0.2, 0.25) is 0 Å². The van der Waals surface area contributed by atoms with Crippen LogP contribution in [0.2, 0.25) is 0 Å². The Hall–Kier alpha value is -1.88. The molecule has 0 saturated carbocycles. The summed E-state index contributed by atoms with van der Waals surface area (Å²) in [5.74, 6) is 0.914. The number of nitrogens with zero attached hydrogens (tertiary/aromatic N) is 3. The summed E-state index contributed by atoms with van der Waals surface area (Å²) < 4.78 is 0. The molecular formula is C17H24N4S. The van der Waals surface area contributed by atoms with Crippen molar-refractivity contribution >= 4 is 17.3 Å². The molecule has 0 aliphatic heterocycles. The fourth-order valence-corrected chi connectivity index (χ4v) is 2.88. The number of rotatable bonds is 6. The van der Waals surface area contributed by atoms with Crippen LogP contribution in [0.25, 0.3) is 0 Å². The van der Waals surface area contributed by atoms with E-state index in [-0.39, 0.29) is 0 Å². The van der Waals surface area contributed by atoms with Crippen LogP contribution in [0.1, 0.15) is 30.1 Å². The van der Waals surface area contributed by atoms with Gasteiger partial charge < -0.3 is 10.2 Å². The van der Waals surface area contributed by atoms with Gasteiger partial charge in [0.05, 0.1) is 17.2 Å². The Kier molecular flexibility index (Phi) is 6.40. The van der Waals surface area contributed by atoms with Crippen LogP contribution in [0.15, 0.2) is 40.7 Å². The summed E-state index contributed by atoms with van der Waals surface area (Å²) in [6.45, 7) is 6.53. The van der Waals surface area contributed by atoms with E-state index in [0.29, 0.717) is 6.54 Å². The topological polar surface area (TPSA) is 40.5 Å². The minimum absolute atomic E-state index is 0.623. The minimum Gasteiger partial charge on any atom is -0.357 e. The van der Waals surface area contributed by atoms with Crippen LogP contribution in [0.3, 0.4) is 0 Å². The Balaban J connectivity index is 2.02. The molecule has 0 unspecified atom stereocenters. The Bertz CT molecular complexity index is 592. The van der Waals surface area contributed by atoms with Gasteiger partial charge >= 0.3 is 0 Å². The third-order valence-corrected chi connectivity index (χ3v) is 4.29. The number of benzene rings is 1. The van der Waals surface area contributed by atoms with Gasteiger partial charge in [0.15, 0.2) is 5.96 Å². The highest BCUT2D eigenvalue weighted by atomic mass is 32.1. The average Bonchev–Trinajstić information content (AvgIpc) is 3.00. The van der Waals surface area contributed by atoms with Gasteiger partial charge in [-0.05, 0) is 18.9 Å². The van der Waals surface area contributed by atoms with Gasteiger partial charge in [-0.3, -0.25) is 0 Å². The number of thiazole rings is 1. The Morgan fingerprint density at radius 2 is 2.05 bits per heavy atom. The number of aryl methyl sites for hydroxylation is 1. The van der Waals surface area contributed by atoms with Gasteiger partial charge in [-0.25, -0.2) is 9.98 Å². The van der Waals surface area contributed by atoms with Crippen molar-refractivity contribution in [2.45, 2.75) is 33.4 Å². The zero-order valence-electron chi connectivity index (χ0n) is 13.5. The van der Waals surface area contributed by atoms with Crippen molar-refractivity contribution in [3.63, 3.8) is 0 Å². The molecule has 1 aromatic heterocycles. The van der Waals surface area contributed by atoms with Crippen molar-refractivity contribution in [2.24, 2.45) is 4.99 Å². The summed E-state index contributed by atoms with van der Waals surface area (Å²) in [6.07, 6.45) is 0.988. The zero-order chi connectivity index (χ0) is 15.8. The maximum Gasteiger partial charge on any atom is 0.194 e. The first-order valence-electron chi connectivity index (χ1n) is 7.69. The lowest BCUT2D eigenvalue weighted by Gasteiger charge is -2.22. The van der Waals surface area contributed by atoms with E-state index in [0.717, 1.165) is 31.2 Å². The third-order valence-electron chi connectivity index (χ3n) is 3.25. The number of nitrogens with one attached hydrogen (secondary N) is 1. The maximum absolute atomic E-state index is 4.70. The zero-order valence-corrected chi connectivity index (χ0v) is 14.4. The first kappa shape index (κ1) is 16.5. The number of guanidine groups is 1. The van der Waals surface area contributed by atoms with Gasteiger partial charge in [0.25, 0.3) is 0 Å². The van der Waals surface area contributed by atoms with Gasteiger partial charge in [0.1, 0.15) is 0 Å². The van der Waals surface area contributed by atoms with Crippen LogP contribution in [0, 0.1) is 0 Å². The first-order valence-corrected chi connectivity index (χ1v) is 8.57. The Morgan fingerprint density at radius 3 is 2.68 bits per heavy atom. The second-order valence-corrected chi connectivity index (χ2v) is 6.04. The van der Waals surface area contributed by atoms with Crippen LogP contribution in [-0.4, -0.2) is 29.4 Å². The molecule has 1 aromatic carbocycles. The summed E-state index contributed by atoms with van der Waals surface area (Å²) in [7, 11) is 2.06. The molecule has 0 aliphatic carbocycles. The van der Waals surface area contributed by atoms with Gasteiger partial charge in [0, 0.05) is 25.5 Å². The highest BCUT2D eigenvalue weighted by molar-refractivity contribution is 7.09. The molecule has 0 radical (unpaired) electrons. The van der Waals surface area contributed by atoms with E-state index < -0.39 is 0 Å². The van der Waals surface area contributed by atoms with E-state index in [1.165, 1.54) is 10.6 Å². The minimum atomic E-state index is 0.623. The lowest BCUT2D eigenvalue weighted by atomic mass is 10.2. The number of aromatic nitrogens is 1. The standard InChI is InChI=1S/C17H24N4S/c1-4-16-20-15(13-22-16)11-19-17(18-5-2)21(3)12-14-9-7-6-8-10-14/h6-10,13H,4-5,11-12H2,1-3H3,(H,18,19). The molecule has 0 bridgehead atoms. The second-order valence-electron chi connectivity index (χ2n) is 5.10. The fourth-order valence-electron chi connectivity index (χ4n) is 2.14. The van der Waals surface area contributed by atoms with Crippen LogP contribution in [0.4, 0.5) is 0 Å². The average molecular weight is 316 g/mol.